The maximum absolute atomic E-state index is 5.87. The van der Waals surface area contributed by atoms with E-state index < -0.39 is 0 Å². The van der Waals surface area contributed by atoms with Gasteiger partial charge in [-0.3, -0.25) is 0 Å². The molecule has 0 unspecified atom stereocenters. The van der Waals surface area contributed by atoms with E-state index in [0.29, 0.717) is 6.61 Å². The maximum atomic E-state index is 5.87. The van der Waals surface area contributed by atoms with Crippen molar-refractivity contribution in [2.45, 2.75) is 20.5 Å². The van der Waals surface area contributed by atoms with Crippen molar-refractivity contribution < 1.29 is 4.74 Å². The van der Waals surface area contributed by atoms with Gasteiger partial charge in [-0.25, -0.2) is 4.98 Å². The van der Waals surface area contributed by atoms with Crippen LogP contribution in [0.2, 0.25) is 0 Å². The molecule has 112 valence electrons. The minimum atomic E-state index is 0.483. The smallest absolute Gasteiger partial charge is 0.140 e. The molecule has 0 aliphatic rings. The van der Waals surface area contributed by atoms with Crippen molar-refractivity contribution in [2.75, 3.05) is 5.73 Å². The zero-order valence-corrected chi connectivity index (χ0v) is 13.5. The van der Waals surface area contributed by atoms with Gasteiger partial charge in [-0.05, 0) is 37.6 Å². The zero-order chi connectivity index (χ0) is 15.5. The van der Waals surface area contributed by atoms with Gasteiger partial charge in [-0.1, -0.05) is 29.8 Å². The van der Waals surface area contributed by atoms with Gasteiger partial charge in [0.05, 0.1) is 5.69 Å². The summed E-state index contributed by atoms with van der Waals surface area (Å²) >= 11 is 1.60. The van der Waals surface area contributed by atoms with Crippen LogP contribution in [0, 0.1) is 13.8 Å². The lowest BCUT2D eigenvalue weighted by Crippen LogP contribution is -1.97. The van der Waals surface area contributed by atoms with Gasteiger partial charge in [0.15, 0.2) is 0 Å². The monoisotopic (exact) mass is 310 g/mol. The van der Waals surface area contributed by atoms with Gasteiger partial charge >= 0.3 is 0 Å². The molecule has 1 aromatic heterocycles. The molecule has 0 aliphatic carbocycles. The van der Waals surface area contributed by atoms with Crippen molar-refractivity contribution >= 4 is 17.0 Å². The topological polar surface area (TPSA) is 48.1 Å². The molecule has 2 aromatic carbocycles. The number of aromatic nitrogens is 1. The fraction of sp³-hybridized carbons (Fsp3) is 0.167. The SMILES string of the molecule is Cc1ccc(OCc2nc(-c3cccc(N)c3)cs2)c(C)c1. The first-order valence-corrected chi connectivity index (χ1v) is 8.00. The summed E-state index contributed by atoms with van der Waals surface area (Å²) in [5.74, 6) is 0.909. The van der Waals surface area contributed by atoms with Crippen LogP contribution in [-0.2, 0) is 6.61 Å². The Balaban J connectivity index is 1.72. The highest BCUT2D eigenvalue weighted by Gasteiger charge is 2.07. The van der Waals surface area contributed by atoms with Crippen LogP contribution in [0.1, 0.15) is 16.1 Å². The summed E-state index contributed by atoms with van der Waals surface area (Å²) < 4.78 is 5.87. The fourth-order valence-corrected chi connectivity index (χ4v) is 3.02. The molecule has 4 heteroatoms. The van der Waals surface area contributed by atoms with E-state index in [1.807, 2.05) is 35.7 Å². The van der Waals surface area contributed by atoms with Crippen molar-refractivity contribution in [1.82, 2.24) is 4.98 Å². The van der Waals surface area contributed by atoms with Crippen LogP contribution in [0.25, 0.3) is 11.3 Å². The molecule has 0 saturated carbocycles. The van der Waals surface area contributed by atoms with E-state index >= 15 is 0 Å². The summed E-state index contributed by atoms with van der Waals surface area (Å²) in [4.78, 5) is 4.62. The third-order valence-corrected chi connectivity index (χ3v) is 4.24. The Bertz CT molecular complexity index is 795. The Morgan fingerprint density at radius 2 is 2.00 bits per heavy atom. The van der Waals surface area contributed by atoms with Crippen LogP contribution in [0.15, 0.2) is 47.8 Å². The molecule has 0 amide bonds. The average molecular weight is 310 g/mol. The first-order chi connectivity index (χ1) is 10.6. The molecule has 0 fully saturated rings. The van der Waals surface area contributed by atoms with Gasteiger partial charge < -0.3 is 10.5 Å². The molecule has 1 heterocycles. The largest absolute Gasteiger partial charge is 0.486 e. The number of hydrogen-bond acceptors (Lipinski definition) is 4. The number of thiazole rings is 1. The quantitative estimate of drug-likeness (QED) is 0.717. The summed E-state index contributed by atoms with van der Waals surface area (Å²) in [5, 5.41) is 2.99. The molecule has 0 saturated heterocycles. The zero-order valence-electron chi connectivity index (χ0n) is 12.7. The molecule has 3 aromatic rings. The Morgan fingerprint density at radius 3 is 2.77 bits per heavy atom. The highest BCUT2D eigenvalue weighted by atomic mass is 32.1. The van der Waals surface area contributed by atoms with E-state index in [4.69, 9.17) is 10.5 Å². The number of nitrogens with two attached hydrogens (primary N) is 1. The normalized spacial score (nSPS) is 10.6. The van der Waals surface area contributed by atoms with Gasteiger partial charge in [0.25, 0.3) is 0 Å². The minimum Gasteiger partial charge on any atom is -0.486 e. The number of benzene rings is 2. The second-order valence-electron chi connectivity index (χ2n) is 5.31. The molecular formula is C18H18N2OS. The molecule has 3 rings (SSSR count). The lowest BCUT2D eigenvalue weighted by molar-refractivity contribution is 0.303. The van der Waals surface area contributed by atoms with Crippen LogP contribution < -0.4 is 10.5 Å². The van der Waals surface area contributed by atoms with Crippen LogP contribution in [0.5, 0.6) is 5.75 Å². The Labute approximate surface area is 134 Å². The number of rotatable bonds is 4. The van der Waals surface area contributed by atoms with E-state index in [9.17, 15) is 0 Å². The highest BCUT2D eigenvalue weighted by Crippen LogP contribution is 2.25. The standard InChI is InChI=1S/C18H18N2OS/c1-12-6-7-17(13(2)8-12)21-10-18-20-16(11-22-18)14-4-3-5-15(19)9-14/h3-9,11H,10,19H2,1-2H3. The van der Waals surface area contributed by atoms with Gasteiger partial charge in [0.2, 0.25) is 0 Å². The lowest BCUT2D eigenvalue weighted by Gasteiger charge is -2.08. The maximum Gasteiger partial charge on any atom is 0.140 e. The molecular weight excluding hydrogens is 292 g/mol. The Kier molecular flexibility index (Phi) is 4.11. The first-order valence-electron chi connectivity index (χ1n) is 7.12. The van der Waals surface area contributed by atoms with Crippen LogP contribution in [0.4, 0.5) is 5.69 Å². The van der Waals surface area contributed by atoms with E-state index in [2.05, 4.69) is 31.0 Å². The molecule has 22 heavy (non-hydrogen) atoms. The van der Waals surface area contributed by atoms with E-state index in [1.165, 1.54) is 5.56 Å². The molecule has 3 nitrogen and oxygen atoms in total. The lowest BCUT2D eigenvalue weighted by atomic mass is 10.1. The minimum absolute atomic E-state index is 0.483. The number of nitrogen functional groups attached to an aromatic ring is 1. The number of nitrogens with zero attached hydrogens (tertiary/aromatic N) is 1. The van der Waals surface area contributed by atoms with Gasteiger partial charge in [0, 0.05) is 16.6 Å². The Hall–Kier alpha value is -2.33. The summed E-state index contributed by atoms with van der Waals surface area (Å²) in [6, 6.07) is 14.0. The summed E-state index contributed by atoms with van der Waals surface area (Å²) in [6.45, 7) is 4.62. The number of aryl methyl sites for hydroxylation is 2. The third kappa shape index (κ3) is 3.28. The van der Waals surface area contributed by atoms with Crippen LogP contribution in [-0.4, -0.2) is 4.98 Å². The van der Waals surface area contributed by atoms with Crippen LogP contribution in [0.3, 0.4) is 0 Å². The van der Waals surface area contributed by atoms with Crippen molar-refractivity contribution in [3.63, 3.8) is 0 Å². The molecule has 0 spiro atoms. The number of anilines is 1. The molecule has 0 aliphatic heterocycles. The summed E-state index contributed by atoms with van der Waals surface area (Å²) in [5.41, 5.74) is 10.9. The number of hydrogen-bond donors (Lipinski definition) is 1. The van der Waals surface area contributed by atoms with Gasteiger partial charge in [0.1, 0.15) is 17.4 Å². The summed E-state index contributed by atoms with van der Waals surface area (Å²) in [6.07, 6.45) is 0. The molecule has 0 bridgehead atoms. The van der Waals surface area contributed by atoms with Crippen LogP contribution >= 0.6 is 11.3 Å². The van der Waals surface area contributed by atoms with Crippen molar-refractivity contribution in [3.05, 3.63) is 64.0 Å². The predicted octanol–water partition coefficient (Wildman–Crippen LogP) is 4.59. The first kappa shape index (κ1) is 14.6. The second kappa shape index (κ2) is 6.20. The van der Waals surface area contributed by atoms with Gasteiger partial charge in [-0.15, -0.1) is 11.3 Å². The van der Waals surface area contributed by atoms with E-state index in [-0.39, 0.29) is 0 Å². The average Bonchev–Trinajstić information content (AvgIpc) is 2.95. The molecule has 0 atom stereocenters. The van der Waals surface area contributed by atoms with E-state index in [1.54, 1.807) is 11.3 Å². The fourth-order valence-electron chi connectivity index (χ4n) is 2.31. The van der Waals surface area contributed by atoms with Gasteiger partial charge in [-0.2, -0.15) is 0 Å². The highest BCUT2D eigenvalue weighted by molar-refractivity contribution is 7.09. The van der Waals surface area contributed by atoms with Crippen molar-refractivity contribution in [2.24, 2.45) is 0 Å². The predicted molar refractivity (Wildman–Crippen MR) is 92.2 cm³/mol. The van der Waals surface area contributed by atoms with E-state index in [0.717, 1.165) is 33.3 Å². The van der Waals surface area contributed by atoms with Crippen molar-refractivity contribution in [1.29, 1.82) is 0 Å². The molecule has 2 N–H and O–H groups in total. The Morgan fingerprint density at radius 1 is 1.14 bits per heavy atom. The second-order valence-corrected chi connectivity index (χ2v) is 6.25. The third-order valence-electron chi connectivity index (χ3n) is 3.42. The molecule has 0 radical (unpaired) electrons. The van der Waals surface area contributed by atoms with Crippen molar-refractivity contribution in [3.8, 4) is 17.0 Å². The number of ether oxygens (including phenoxy) is 1. The summed E-state index contributed by atoms with van der Waals surface area (Å²) in [7, 11) is 0.